The first-order valence-electron chi connectivity index (χ1n) is 7.27. The fraction of sp³-hybridized carbons (Fsp3) is 0.467. The Bertz CT molecular complexity index is 632. The van der Waals surface area contributed by atoms with Gasteiger partial charge in [-0.1, -0.05) is 6.92 Å². The number of piperazine rings is 1. The van der Waals surface area contributed by atoms with Crippen molar-refractivity contribution >= 4 is 17.0 Å². The normalized spacial score (nSPS) is 15.4. The Balaban J connectivity index is 1.63. The predicted octanol–water partition coefficient (Wildman–Crippen LogP) is 1.20. The molecule has 1 aliphatic heterocycles. The summed E-state index contributed by atoms with van der Waals surface area (Å²) in [4.78, 5) is 18.2. The van der Waals surface area contributed by atoms with E-state index in [9.17, 15) is 4.79 Å². The minimum absolute atomic E-state index is 0.0171. The van der Waals surface area contributed by atoms with E-state index in [2.05, 4.69) is 10.3 Å². The van der Waals surface area contributed by atoms with E-state index < -0.39 is 0 Å². The van der Waals surface area contributed by atoms with Crippen LogP contribution in [0.4, 0.5) is 0 Å². The van der Waals surface area contributed by atoms with Gasteiger partial charge in [-0.2, -0.15) is 0 Å². The molecule has 2 aromatic rings. The Morgan fingerprint density at radius 3 is 3.00 bits per heavy atom. The summed E-state index contributed by atoms with van der Waals surface area (Å²) in [6.45, 7) is 5.21. The molecule has 1 aromatic heterocycles. The molecule has 0 aliphatic carbocycles. The number of amides is 1. The second kappa shape index (κ2) is 6.13. The summed E-state index contributed by atoms with van der Waals surface area (Å²) in [5.74, 6) is 1.35. The minimum atomic E-state index is 0.0171. The first-order chi connectivity index (χ1) is 10.3. The largest absolute Gasteiger partial charge is 0.484 e. The Morgan fingerprint density at radius 2 is 2.24 bits per heavy atom. The van der Waals surface area contributed by atoms with Crippen LogP contribution in [0.3, 0.4) is 0 Å². The molecule has 1 aromatic carbocycles. The van der Waals surface area contributed by atoms with Crippen LogP contribution in [0.5, 0.6) is 5.75 Å². The maximum absolute atomic E-state index is 12.0. The smallest absolute Gasteiger partial charge is 0.260 e. The zero-order chi connectivity index (χ0) is 14.7. The summed E-state index contributed by atoms with van der Waals surface area (Å²) in [5, 5.41) is 3.22. The van der Waals surface area contributed by atoms with Crippen LogP contribution in [0.25, 0.3) is 11.1 Å². The zero-order valence-electron chi connectivity index (χ0n) is 12.1. The summed E-state index contributed by atoms with van der Waals surface area (Å²) in [6, 6.07) is 5.45. The number of ether oxygens (including phenoxy) is 1. The number of carbonyl (C=O) groups is 1. The Morgan fingerprint density at radius 1 is 1.43 bits per heavy atom. The van der Waals surface area contributed by atoms with Gasteiger partial charge in [0.05, 0.1) is 0 Å². The van der Waals surface area contributed by atoms with Crippen molar-refractivity contribution in [2.75, 3.05) is 32.8 Å². The third-order valence-corrected chi connectivity index (χ3v) is 3.54. The lowest BCUT2D eigenvalue weighted by Crippen LogP contribution is -2.47. The number of hydrogen-bond acceptors (Lipinski definition) is 5. The monoisotopic (exact) mass is 289 g/mol. The first kappa shape index (κ1) is 13.9. The molecule has 0 radical (unpaired) electrons. The van der Waals surface area contributed by atoms with Gasteiger partial charge in [0.25, 0.3) is 5.91 Å². The van der Waals surface area contributed by atoms with Gasteiger partial charge in [0, 0.05) is 38.7 Å². The van der Waals surface area contributed by atoms with E-state index in [1.165, 1.54) is 0 Å². The van der Waals surface area contributed by atoms with Crippen LogP contribution in [0, 0.1) is 0 Å². The maximum atomic E-state index is 12.0. The number of hydrogen-bond donors (Lipinski definition) is 1. The summed E-state index contributed by atoms with van der Waals surface area (Å²) in [7, 11) is 0. The molecule has 0 spiro atoms. The van der Waals surface area contributed by atoms with Crippen molar-refractivity contribution in [2.24, 2.45) is 0 Å². The first-order valence-corrected chi connectivity index (χ1v) is 7.27. The lowest BCUT2D eigenvalue weighted by molar-refractivity contribution is -0.133. The zero-order valence-corrected chi connectivity index (χ0v) is 12.1. The highest BCUT2D eigenvalue weighted by molar-refractivity contribution is 5.78. The molecule has 6 heteroatoms. The number of nitrogens with zero attached hydrogens (tertiary/aromatic N) is 2. The van der Waals surface area contributed by atoms with Gasteiger partial charge in [-0.25, -0.2) is 4.98 Å². The van der Waals surface area contributed by atoms with E-state index in [-0.39, 0.29) is 12.5 Å². The van der Waals surface area contributed by atoms with Crippen LogP contribution in [-0.2, 0) is 11.2 Å². The van der Waals surface area contributed by atoms with Crippen molar-refractivity contribution in [3.05, 3.63) is 24.1 Å². The number of carbonyl (C=O) groups excluding carboxylic acids is 1. The molecule has 1 saturated heterocycles. The van der Waals surface area contributed by atoms with Gasteiger partial charge in [0.1, 0.15) is 11.3 Å². The quantitative estimate of drug-likeness (QED) is 0.916. The molecular formula is C15H19N3O3. The van der Waals surface area contributed by atoms with Crippen LogP contribution < -0.4 is 10.1 Å². The van der Waals surface area contributed by atoms with Gasteiger partial charge < -0.3 is 19.4 Å². The molecular weight excluding hydrogens is 270 g/mol. The van der Waals surface area contributed by atoms with Gasteiger partial charge >= 0.3 is 0 Å². The lowest BCUT2D eigenvalue weighted by atomic mass is 10.3. The third kappa shape index (κ3) is 3.16. The maximum Gasteiger partial charge on any atom is 0.260 e. The average Bonchev–Trinajstić information content (AvgIpc) is 2.95. The number of aryl methyl sites for hydroxylation is 1. The summed E-state index contributed by atoms with van der Waals surface area (Å²) in [6.07, 6.45) is 0.756. The lowest BCUT2D eigenvalue weighted by Gasteiger charge is -2.27. The molecule has 21 heavy (non-hydrogen) atoms. The standard InChI is InChI=1S/C15H19N3O3/c1-2-14-17-12-4-3-11(9-13(12)21-14)20-10-15(19)18-7-5-16-6-8-18/h3-4,9,16H,2,5-8,10H2,1H3. The van der Waals surface area contributed by atoms with E-state index in [0.29, 0.717) is 17.2 Å². The molecule has 1 fully saturated rings. The van der Waals surface area contributed by atoms with Crippen LogP contribution >= 0.6 is 0 Å². The highest BCUT2D eigenvalue weighted by atomic mass is 16.5. The number of fused-ring (bicyclic) bond motifs is 1. The Kier molecular flexibility index (Phi) is 4.06. The Labute approximate surface area is 123 Å². The van der Waals surface area contributed by atoms with Gasteiger partial charge in [-0.05, 0) is 12.1 Å². The SMILES string of the molecule is CCc1nc2ccc(OCC(=O)N3CCNCC3)cc2o1. The molecule has 112 valence electrons. The minimum Gasteiger partial charge on any atom is -0.484 e. The van der Waals surface area contributed by atoms with Gasteiger partial charge in [0.2, 0.25) is 0 Å². The molecule has 0 bridgehead atoms. The molecule has 1 N–H and O–H groups in total. The molecule has 0 unspecified atom stereocenters. The van der Waals surface area contributed by atoms with Crippen LogP contribution in [0.2, 0.25) is 0 Å². The van der Waals surface area contributed by atoms with E-state index in [1.807, 2.05) is 24.0 Å². The topological polar surface area (TPSA) is 67.6 Å². The van der Waals surface area contributed by atoms with E-state index in [4.69, 9.17) is 9.15 Å². The fourth-order valence-electron chi connectivity index (χ4n) is 2.34. The third-order valence-electron chi connectivity index (χ3n) is 3.54. The number of rotatable bonds is 4. The molecule has 1 aliphatic rings. The van der Waals surface area contributed by atoms with Crippen molar-refractivity contribution < 1.29 is 13.9 Å². The number of aromatic nitrogens is 1. The van der Waals surface area contributed by atoms with Crippen LogP contribution in [0.1, 0.15) is 12.8 Å². The summed E-state index contributed by atoms with van der Waals surface area (Å²) in [5.41, 5.74) is 1.51. The predicted molar refractivity (Wildman–Crippen MR) is 78.3 cm³/mol. The molecule has 3 rings (SSSR count). The van der Waals surface area contributed by atoms with Gasteiger partial charge in [-0.3, -0.25) is 4.79 Å². The van der Waals surface area contributed by atoms with Crippen molar-refractivity contribution in [3.8, 4) is 5.75 Å². The fourth-order valence-corrected chi connectivity index (χ4v) is 2.34. The Hall–Kier alpha value is -2.08. The molecule has 0 atom stereocenters. The molecule has 1 amide bonds. The number of oxazole rings is 1. The van der Waals surface area contributed by atoms with Gasteiger partial charge in [-0.15, -0.1) is 0 Å². The number of nitrogens with one attached hydrogen (secondary N) is 1. The average molecular weight is 289 g/mol. The van der Waals surface area contributed by atoms with E-state index in [1.54, 1.807) is 6.07 Å². The highest BCUT2D eigenvalue weighted by Gasteiger charge is 2.16. The highest BCUT2D eigenvalue weighted by Crippen LogP contribution is 2.22. The van der Waals surface area contributed by atoms with Crippen molar-refractivity contribution in [1.29, 1.82) is 0 Å². The summed E-state index contributed by atoms with van der Waals surface area (Å²) < 4.78 is 11.2. The number of benzene rings is 1. The summed E-state index contributed by atoms with van der Waals surface area (Å²) >= 11 is 0. The molecule has 2 heterocycles. The van der Waals surface area contributed by atoms with Gasteiger partial charge in [0.15, 0.2) is 18.1 Å². The van der Waals surface area contributed by atoms with E-state index in [0.717, 1.165) is 38.1 Å². The van der Waals surface area contributed by atoms with Crippen LogP contribution in [0.15, 0.2) is 22.6 Å². The van der Waals surface area contributed by atoms with Crippen molar-refractivity contribution in [2.45, 2.75) is 13.3 Å². The van der Waals surface area contributed by atoms with E-state index >= 15 is 0 Å². The van der Waals surface area contributed by atoms with Crippen LogP contribution in [-0.4, -0.2) is 48.6 Å². The second-order valence-electron chi connectivity index (χ2n) is 5.01. The van der Waals surface area contributed by atoms with Crippen molar-refractivity contribution in [3.63, 3.8) is 0 Å². The molecule has 6 nitrogen and oxygen atoms in total. The second-order valence-corrected chi connectivity index (χ2v) is 5.01. The molecule has 0 saturated carbocycles. The van der Waals surface area contributed by atoms with Crippen molar-refractivity contribution in [1.82, 2.24) is 15.2 Å².